The summed E-state index contributed by atoms with van der Waals surface area (Å²) in [6, 6.07) is 15.5. The van der Waals surface area contributed by atoms with E-state index in [4.69, 9.17) is 9.63 Å². The fourth-order valence-corrected chi connectivity index (χ4v) is 5.31. The number of aromatic nitrogens is 2. The summed E-state index contributed by atoms with van der Waals surface area (Å²) in [7, 11) is 0. The van der Waals surface area contributed by atoms with E-state index in [1.807, 2.05) is 18.2 Å². The van der Waals surface area contributed by atoms with E-state index in [0.717, 1.165) is 29.8 Å². The highest BCUT2D eigenvalue weighted by molar-refractivity contribution is 7.16. The molecule has 0 fully saturated rings. The van der Waals surface area contributed by atoms with Crippen molar-refractivity contribution in [1.82, 2.24) is 10.1 Å². The van der Waals surface area contributed by atoms with Gasteiger partial charge in [-0.25, -0.2) is 0 Å². The van der Waals surface area contributed by atoms with Crippen molar-refractivity contribution in [1.29, 1.82) is 0 Å². The van der Waals surface area contributed by atoms with Crippen molar-refractivity contribution in [2.24, 2.45) is 0 Å². The van der Waals surface area contributed by atoms with Crippen molar-refractivity contribution in [2.45, 2.75) is 25.4 Å². The van der Waals surface area contributed by atoms with Crippen LogP contribution in [-0.2, 0) is 17.4 Å². The molecule has 10 heteroatoms. The van der Waals surface area contributed by atoms with Crippen molar-refractivity contribution in [2.75, 3.05) is 18.0 Å². The van der Waals surface area contributed by atoms with Gasteiger partial charge in [0.05, 0.1) is 4.88 Å². The number of thiophene rings is 1. The predicted molar refractivity (Wildman–Crippen MR) is 126 cm³/mol. The van der Waals surface area contributed by atoms with Crippen LogP contribution in [0.15, 0.2) is 59.1 Å². The molecule has 1 N–H and O–H groups in total. The standard InChI is InChI=1S/C25H20F3N3O3S/c26-25(27,28)22-18(15-6-2-1-3-7-15)14-20(35-22)24-29-23(30-34-24)17-8-4-9-19-16(17)11-13-31(19)12-5-10-21(32)33/h1-4,6-9,14H,5,10-13H2,(H,32,33). The highest BCUT2D eigenvalue weighted by Crippen LogP contribution is 2.46. The normalized spacial score (nSPS) is 13.3. The lowest BCUT2D eigenvalue weighted by Gasteiger charge is -2.19. The summed E-state index contributed by atoms with van der Waals surface area (Å²) in [5.41, 5.74) is 3.30. The Bertz CT molecular complexity index is 1370. The van der Waals surface area contributed by atoms with E-state index < -0.39 is 17.0 Å². The zero-order valence-corrected chi connectivity index (χ0v) is 19.2. The molecule has 5 rings (SSSR count). The van der Waals surface area contributed by atoms with Crippen LogP contribution in [0.5, 0.6) is 0 Å². The van der Waals surface area contributed by atoms with Gasteiger partial charge < -0.3 is 14.5 Å². The monoisotopic (exact) mass is 499 g/mol. The van der Waals surface area contributed by atoms with Gasteiger partial charge in [-0.05, 0) is 36.1 Å². The number of hydrogen-bond donors (Lipinski definition) is 1. The van der Waals surface area contributed by atoms with Crippen LogP contribution < -0.4 is 4.90 Å². The third kappa shape index (κ3) is 4.66. The number of nitrogens with zero attached hydrogens (tertiary/aromatic N) is 3. The molecule has 0 saturated carbocycles. The molecule has 35 heavy (non-hydrogen) atoms. The summed E-state index contributed by atoms with van der Waals surface area (Å²) in [6.45, 7) is 1.37. The molecule has 0 amide bonds. The fourth-order valence-electron chi connectivity index (χ4n) is 4.34. The Morgan fingerprint density at radius 3 is 2.66 bits per heavy atom. The maximum atomic E-state index is 13.8. The average Bonchev–Trinajstić information content (AvgIpc) is 3.57. The van der Waals surface area contributed by atoms with Gasteiger partial charge in [-0.3, -0.25) is 4.79 Å². The van der Waals surface area contributed by atoms with Gasteiger partial charge in [-0.1, -0.05) is 47.6 Å². The van der Waals surface area contributed by atoms with Gasteiger partial charge in [-0.2, -0.15) is 18.2 Å². The van der Waals surface area contributed by atoms with E-state index in [1.165, 1.54) is 6.07 Å². The van der Waals surface area contributed by atoms with Crippen LogP contribution in [0.3, 0.4) is 0 Å². The van der Waals surface area contributed by atoms with Gasteiger partial charge >= 0.3 is 12.1 Å². The minimum absolute atomic E-state index is 0.0339. The second-order valence-corrected chi connectivity index (χ2v) is 9.23. The van der Waals surface area contributed by atoms with E-state index in [1.54, 1.807) is 30.3 Å². The zero-order chi connectivity index (χ0) is 24.6. The topological polar surface area (TPSA) is 79.5 Å². The highest BCUT2D eigenvalue weighted by atomic mass is 32.1. The molecule has 2 aromatic carbocycles. The Hall–Kier alpha value is -3.66. The van der Waals surface area contributed by atoms with Gasteiger partial charge in [0.25, 0.3) is 5.89 Å². The summed E-state index contributed by atoms with van der Waals surface area (Å²) in [5.74, 6) is -0.478. The first-order valence-electron chi connectivity index (χ1n) is 11.0. The SMILES string of the molecule is O=C(O)CCCN1CCc2c(-c3noc(-c4cc(-c5ccccc5)c(C(F)(F)F)s4)n3)cccc21. The van der Waals surface area contributed by atoms with Crippen LogP contribution in [-0.4, -0.2) is 34.3 Å². The predicted octanol–water partition coefficient (Wildman–Crippen LogP) is 6.38. The van der Waals surface area contributed by atoms with E-state index in [0.29, 0.717) is 35.7 Å². The molecular weight excluding hydrogens is 479 g/mol. The molecule has 0 unspecified atom stereocenters. The van der Waals surface area contributed by atoms with Gasteiger partial charge in [0.1, 0.15) is 4.88 Å². The molecule has 180 valence electrons. The van der Waals surface area contributed by atoms with Crippen molar-refractivity contribution in [3.63, 3.8) is 0 Å². The summed E-state index contributed by atoms with van der Waals surface area (Å²) >= 11 is 0.583. The maximum Gasteiger partial charge on any atom is 0.426 e. The number of alkyl halides is 3. The van der Waals surface area contributed by atoms with Gasteiger partial charge in [0.2, 0.25) is 5.82 Å². The number of carboxylic acids is 1. The molecular formula is C25H20F3N3O3S. The molecule has 6 nitrogen and oxygen atoms in total. The zero-order valence-electron chi connectivity index (χ0n) is 18.4. The molecule has 0 atom stereocenters. The van der Waals surface area contributed by atoms with Crippen LogP contribution in [0.25, 0.3) is 33.3 Å². The quantitative estimate of drug-likeness (QED) is 0.318. The molecule has 1 aliphatic heterocycles. The largest absolute Gasteiger partial charge is 0.481 e. The van der Waals surface area contributed by atoms with Crippen LogP contribution in [0, 0.1) is 0 Å². The molecule has 0 spiro atoms. The van der Waals surface area contributed by atoms with E-state index >= 15 is 0 Å². The van der Waals surface area contributed by atoms with Crippen molar-refractivity contribution in [3.05, 3.63) is 65.0 Å². The van der Waals surface area contributed by atoms with E-state index in [-0.39, 0.29) is 22.8 Å². The van der Waals surface area contributed by atoms with Crippen LogP contribution in [0.1, 0.15) is 23.3 Å². The van der Waals surface area contributed by atoms with E-state index in [9.17, 15) is 18.0 Å². The second kappa shape index (κ2) is 9.18. The fraction of sp³-hybridized carbons (Fsp3) is 0.240. The summed E-state index contributed by atoms with van der Waals surface area (Å²) in [6.07, 6.45) is -3.14. The number of benzene rings is 2. The smallest absolute Gasteiger partial charge is 0.426 e. The van der Waals surface area contributed by atoms with Crippen LogP contribution in [0.2, 0.25) is 0 Å². The van der Waals surface area contributed by atoms with E-state index in [2.05, 4.69) is 15.0 Å². The Balaban J connectivity index is 1.46. The number of anilines is 1. The summed E-state index contributed by atoms with van der Waals surface area (Å²) in [5, 5.41) is 13.0. The number of rotatable bonds is 7. The highest BCUT2D eigenvalue weighted by Gasteiger charge is 2.37. The van der Waals surface area contributed by atoms with Crippen LogP contribution in [0.4, 0.5) is 18.9 Å². The van der Waals surface area contributed by atoms with Crippen molar-refractivity contribution >= 4 is 23.0 Å². The first kappa shape index (κ1) is 23.1. The third-order valence-electron chi connectivity index (χ3n) is 5.89. The maximum absolute atomic E-state index is 13.8. The first-order chi connectivity index (χ1) is 16.8. The Morgan fingerprint density at radius 2 is 1.91 bits per heavy atom. The lowest BCUT2D eigenvalue weighted by molar-refractivity contribution is -0.137. The lowest BCUT2D eigenvalue weighted by Crippen LogP contribution is -2.22. The molecule has 0 saturated heterocycles. The Morgan fingerprint density at radius 1 is 1.11 bits per heavy atom. The minimum Gasteiger partial charge on any atom is -0.481 e. The number of carboxylic acid groups (broad SMARTS) is 1. The average molecular weight is 500 g/mol. The number of fused-ring (bicyclic) bond motifs is 1. The minimum atomic E-state index is -4.51. The van der Waals surface area contributed by atoms with Gasteiger partial charge in [0.15, 0.2) is 0 Å². The second-order valence-electron chi connectivity index (χ2n) is 8.18. The van der Waals surface area contributed by atoms with Crippen molar-refractivity contribution < 1.29 is 27.6 Å². The number of hydrogen-bond acceptors (Lipinski definition) is 6. The summed E-state index contributed by atoms with van der Waals surface area (Å²) in [4.78, 5) is 16.9. The van der Waals surface area contributed by atoms with Crippen LogP contribution >= 0.6 is 11.3 Å². The molecule has 0 aliphatic carbocycles. The van der Waals surface area contributed by atoms with Gasteiger partial charge in [0, 0.05) is 36.3 Å². The molecule has 2 aromatic heterocycles. The number of carbonyl (C=O) groups is 1. The number of halogens is 3. The molecule has 4 aromatic rings. The molecule has 3 heterocycles. The molecule has 0 radical (unpaired) electrons. The molecule has 0 bridgehead atoms. The Labute approximate surface area is 202 Å². The third-order valence-corrected chi connectivity index (χ3v) is 7.06. The molecule has 1 aliphatic rings. The Kier molecular flexibility index (Phi) is 6.06. The van der Waals surface area contributed by atoms with Gasteiger partial charge in [-0.15, -0.1) is 11.3 Å². The first-order valence-corrected chi connectivity index (χ1v) is 11.8. The van der Waals surface area contributed by atoms with Crippen molar-refractivity contribution in [3.8, 4) is 33.3 Å². The lowest BCUT2D eigenvalue weighted by atomic mass is 10.0. The summed E-state index contributed by atoms with van der Waals surface area (Å²) < 4.78 is 46.7. The number of aliphatic carboxylic acids is 1.